The van der Waals surface area contributed by atoms with Crippen LogP contribution in [0.15, 0.2) is 24.3 Å². The van der Waals surface area contributed by atoms with Gasteiger partial charge < -0.3 is 9.64 Å². The summed E-state index contributed by atoms with van der Waals surface area (Å²) in [6, 6.07) is 6.78. The fourth-order valence-electron chi connectivity index (χ4n) is 2.97. The molecule has 1 unspecified atom stereocenters. The molecule has 0 aliphatic carbocycles. The summed E-state index contributed by atoms with van der Waals surface area (Å²) in [4.78, 5) is 13.9. The monoisotopic (exact) mass is 418 g/mol. The standard InChI is InChI=1S/C15H20N2O6S2.C2H6/c1-24(19,20)17-11-12(23-14-5-3-2-4-13(14)17)10-15(18)16-6-8-25(21,22)9-7-16;1-2/h2-5,12H,6-11H2,1H3;1-2H3. The minimum Gasteiger partial charge on any atom is -0.486 e. The first-order valence-electron chi connectivity index (χ1n) is 8.87. The lowest BCUT2D eigenvalue weighted by Gasteiger charge is -2.35. The SMILES string of the molecule is CC.CS(=O)(=O)N1CC(CC(=O)N2CCS(=O)(=O)CC2)Oc2ccccc21. The molecule has 1 aromatic carbocycles. The van der Waals surface area contributed by atoms with Gasteiger partial charge in [-0.25, -0.2) is 16.8 Å². The molecule has 1 amide bonds. The Labute approximate surface area is 161 Å². The molecule has 1 aromatic rings. The Bertz CT molecular complexity index is 868. The normalized spacial score (nSPS) is 21.4. The summed E-state index contributed by atoms with van der Waals surface area (Å²) in [7, 11) is -6.56. The van der Waals surface area contributed by atoms with E-state index in [2.05, 4.69) is 0 Å². The fraction of sp³-hybridized carbons (Fsp3) is 0.588. The number of benzene rings is 1. The fourth-order valence-corrected chi connectivity index (χ4v) is 5.12. The smallest absolute Gasteiger partial charge is 0.232 e. The third-order valence-corrected chi connectivity index (χ3v) is 7.05. The Hall–Kier alpha value is -1.81. The van der Waals surface area contributed by atoms with Crippen molar-refractivity contribution in [1.29, 1.82) is 0 Å². The lowest BCUT2D eigenvalue weighted by Crippen LogP contribution is -2.48. The maximum atomic E-state index is 12.4. The number of hydrogen-bond donors (Lipinski definition) is 0. The van der Waals surface area contributed by atoms with Crippen LogP contribution in [0, 0.1) is 0 Å². The van der Waals surface area contributed by atoms with Crippen molar-refractivity contribution in [2.75, 3.05) is 41.7 Å². The second-order valence-corrected chi connectivity index (χ2v) is 10.4. The molecular formula is C17H26N2O6S2. The van der Waals surface area contributed by atoms with Gasteiger partial charge in [0.1, 0.15) is 11.9 Å². The molecule has 0 bridgehead atoms. The molecule has 8 nitrogen and oxygen atoms in total. The summed E-state index contributed by atoms with van der Waals surface area (Å²) in [5.74, 6) is 0.108. The Kier molecular flexibility index (Phi) is 6.74. The van der Waals surface area contributed by atoms with E-state index in [-0.39, 0.29) is 43.5 Å². The van der Waals surface area contributed by atoms with Gasteiger partial charge in [0.2, 0.25) is 15.9 Å². The highest BCUT2D eigenvalue weighted by Crippen LogP contribution is 2.35. The number of carbonyl (C=O) groups is 1. The summed E-state index contributed by atoms with van der Waals surface area (Å²) in [5.41, 5.74) is 0.456. The van der Waals surface area contributed by atoms with Crippen molar-refractivity contribution in [3.05, 3.63) is 24.3 Å². The molecule has 1 saturated heterocycles. The van der Waals surface area contributed by atoms with E-state index < -0.39 is 26.0 Å². The van der Waals surface area contributed by atoms with Crippen molar-refractivity contribution in [3.8, 4) is 5.75 Å². The summed E-state index contributed by atoms with van der Waals surface area (Å²) >= 11 is 0. The molecule has 2 aliphatic rings. The van der Waals surface area contributed by atoms with Crippen molar-refractivity contribution in [1.82, 2.24) is 4.90 Å². The van der Waals surface area contributed by atoms with E-state index in [1.54, 1.807) is 24.3 Å². The van der Waals surface area contributed by atoms with Crippen molar-refractivity contribution >= 4 is 31.5 Å². The molecule has 0 radical (unpaired) electrons. The number of fused-ring (bicyclic) bond motifs is 1. The second kappa shape index (κ2) is 8.47. The first kappa shape index (κ1) is 21.5. The predicted molar refractivity (Wildman–Crippen MR) is 104 cm³/mol. The van der Waals surface area contributed by atoms with E-state index >= 15 is 0 Å². The largest absolute Gasteiger partial charge is 0.486 e. The first-order chi connectivity index (χ1) is 12.7. The molecule has 0 spiro atoms. The van der Waals surface area contributed by atoms with Gasteiger partial charge in [-0.05, 0) is 12.1 Å². The molecule has 3 rings (SSSR count). The van der Waals surface area contributed by atoms with Crippen LogP contribution in [-0.4, -0.2) is 71.1 Å². The molecule has 1 atom stereocenters. The molecular weight excluding hydrogens is 392 g/mol. The van der Waals surface area contributed by atoms with Crippen molar-refractivity contribution < 1.29 is 26.4 Å². The van der Waals surface area contributed by atoms with Crippen LogP contribution in [0.5, 0.6) is 5.75 Å². The molecule has 27 heavy (non-hydrogen) atoms. The zero-order chi connectivity index (χ0) is 20.2. The van der Waals surface area contributed by atoms with E-state index in [9.17, 15) is 21.6 Å². The number of hydrogen-bond acceptors (Lipinski definition) is 6. The van der Waals surface area contributed by atoms with Crippen LogP contribution >= 0.6 is 0 Å². The molecule has 152 valence electrons. The van der Waals surface area contributed by atoms with E-state index in [0.717, 1.165) is 6.26 Å². The maximum Gasteiger partial charge on any atom is 0.232 e. The highest BCUT2D eigenvalue weighted by Gasteiger charge is 2.34. The summed E-state index contributed by atoms with van der Waals surface area (Å²) in [5, 5.41) is 0. The van der Waals surface area contributed by atoms with E-state index in [4.69, 9.17) is 4.74 Å². The van der Waals surface area contributed by atoms with Gasteiger partial charge in [-0.2, -0.15) is 0 Å². The number of ether oxygens (including phenoxy) is 1. The molecule has 0 aromatic heterocycles. The molecule has 10 heteroatoms. The van der Waals surface area contributed by atoms with Crippen molar-refractivity contribution in [3.63, 3.8) is 0 Å². The number of carbonyl (C=O) groups excluding carboxylic acids is 1. The lowest BCUT2D eigenvalue weighted by atomic mass is 10.1. The number of rotatable bonds is 3. The van der Waals surface area contributed by atoms with E-state index in [0.29, 0.717) is 11.4 Å². The predicted octanol–water partition coefficient (Wildman–Crippen LogP) is 0.887. The maximum absolute atomic E-state index is 12.4. The van der Waals surface area contributed by atoms with Crippen LogP contribution < -0.4 is 9.04 Å². The lowest BCUT2D eigenvalue weighted by molar-refractivity contribution is -0.132. The zero-order valence-electron chi connectivity index (χ0n) is 15.8. The van der Waals surface area contributed by atoms with Gasteiger partial charge in [0.15, 0.2) is 9.84 Å². The Balaban J connectivity index is 0.00000126. The Morgan fingerprint density at radius 1 is 1.19 bits per heavy atom. The number of anilines is 1. The molecule has 2 heterocycles. The number of amides is 1. The quantitative estimate of drug-likeness (QED) is 0.722. The van der Waals surface area contributed by atoms with E-state index in [1.165, 1.54) is 9.21 Å². The summed E-state index contributed by atoms with van der Waals surface area (Å²) in [6.07, 6.45) is 0.500. The van der Waals surface area contributed by atoms with E-state index in [1.807, 2.05) is 13.8 Å². The van der Waals surface area contributed by atoms with Crippen molar-refractivity contribution in [2.24, 2.45) is 0 Å². The highest BCUT2D eigenvalue weighted by atomic mass is 32.2. The Morgan fingerprint density at radius 2 is 1.78 bits per heavy atom. The second-order valence-electron chi connectivity index (χ2n) is 6.24. The molecule has 0 saturated carbocycles. The van der Waals surface area contributed by atoms with Crippen LogP contribution in [0.3, 0.4) is 0 Å². The summed E-state index contributed by atoms with van der Waals surface area (Å²) in [6.45, 7) is 4.38. The summed E-state index contributed by atoms with van der Waals surface area (Å²) < 4.78 is 54.1. The van der Waals surface area contributed by atoms with Crippen molar-refractivity contribution in [2.45, 2.75) is 26.4 Å². The zero-order valence-corrected chi connectivity index (χ0v) is 17.4. The molecule has 1 fully saturated rings. The van der Waals surface area contributed by atoms with Crippen LogP contribution in [0.4, 0.5) is 5.69 Å². The number of sulfone groups is 1. The van der Waals surface area contributed by atoms with Crippen LogP contribution in [0.25, 0.3) is 0 Å². The minimum atomic E-state index is -3.50. The molecule has 0 N–H and O–H groups in total. The van der Waals surface area contributed by atoms with Crippen LogP contribution in [-0.2, 0) is 24.7 Å². The van der Waals surface area contributed by atoms with Gasteiger partial charge in [0.05, 0.1) is 36.4 Å². The van der Waals surface area contributed by atoms with Gasteiger partial charge in [0, 0.05) is 13.1 Å². The first-order valence-corrected chi connectivity index (χ1v) is 12.5. The minimum absolute atomic E-state index is 0.000399. The Morgan fingerprint density at radius 3 is 2.37 bits per heavy atom. The van der Waals surface area contributed by atoms with Gasteiger partial charge in [-0.3, -0.25) is 9.10 Å². The number of sulfonamides is 1. The van der Waals surface area contributed by atoms with Gasteiger partial charge in [-0.1, -0.05) is 26.0 Å². The third-order valence-electron chi connectivity index (χ3n) is 4.30. The van der Waals surface area contributed by atoms with Gasteiger partial charge in [0.25, 0.3) is 0 Å². The average molecular weight is 419 g/mol. The van der Waals surface area contributed by atoms with Gasteiger partial charge in [-0.15, -0.1) is 0 Å². The highest BCUT2D eigenvalue weighted by molar-refractivity contribution is 7.92. The number of nitrogens with zero attached hydrogens (tertiary/aromatic N) is 2. The topological polar surface area (TPSA) is 101 Å². The number of para-hydroxylation sites is 2. The average Bonchev–Trinajstić information content (AvgIpc) is 2.61. The molecule has 2 aliphatic heterocycles. The van der Waals surface area contributed by atoms with Crippen LogP contribution in [0.1, 0.15) is 20.3 Å². The van der Waals surface area contributed by atoms with Gasteiger partial charge >= 0.3 is 0 Å². The van der Waals surface area contributed by atoms with Crippen LogP contribution in [0.2, 0.25) is 0 Å². The third kappa shape index (κ3) is 5.35.